The average molecular weight is 576 g/mol. The van der Waals surface area contributed by atoms with Crippen LogP contribution in [-0.2, 0) is 5.41 Å². The van der Waals surface area contributed by atoms with Gasteiger partial charge < -0.3 is 9.47 Å². The first-order chi connectivity index (χ1) is 22.3. The number of hydrogen-bond acceptors (Lipinski definition) is 3. The monoisotopic (exact) mass is 575 g/mol. The summed E-state index contributed by atoms with van der Waals surface area (Å²) >= 11 is 0. The summed E-state index contributed by atoms with van der Waals surface area (Å²) in [6.45, 7) is 0. The first-order valence-electron chi connectivity index (χ1n) is 15.3. The SMILES string of the molecule is c1ccc(-c2ccc(-c3ccc4c(c3)C3(c5ccccc5-c5ccccc53)c3ccc5c(c3-4)Oc3ccccc3O5)cc2)nc1. The van der Waals surface area contributed by atoms with Crippen molar-refractivity contribution in [1.82, 2.24) is 4.98 Å². The van der Waals surface area contributed by atoms with Crippen LogP contribution in [0.1, 0.15) is 22.3 Å². The van der Waals surface area contributed by atoms with E-state index >= 15 is 0 Å². The van der Waals surface area contributed by atoms with E-state index in [0.717, 1.165) is 39.8 Å². The Hall–Kier alpha value is -5.93. The number of pyridine rings is 1. The molecule has 210 valence electrons. The van der Waals surface area contributed by atoms with Gasteiger partial charge in [-0.2, -0.15) is 0 Å². The topological polar surface area (TPSA) is 31.4 Å². The molecule has 3 aliphatic rings. The lowest BCUT2D eigenvalue weighted by Gasteiger charge is -2.31. The van der Waals surface area contributed by atoms with E-state index in [4.69, 9.17) is 9.47 Å². The Morgan fingerprint density at radius 3 is 1.80 bits per heavy atom. The van der Waals surface area contributed by atoms with Gasteiger partial charge in [0.15, 0.2) is 23.0 Å². The van der Waals surface area contributed by atoms with Gasteiger partial charge >= 0.3 is 0 Å². The first kappa shape index (κ1) is 24.5. The Kier molecular flexibility index (Phi) is 4.92. The molecule has 0 N–H and O–H groups in total. The largest absolute Gasteiger partial charge is 0.449 e. The predicted octanol–water partition coefficient (Wildman–Crippen LogP) is 10.7. The molecule has 0 saturated heterocycles. The van der Waals surface area contributed by atoms with Gasteiger partial charge in [-0.1, -0.05) is 109 Å². The second-order valence-corrected chi connectivity index (χ2v) is 11.9. The second kappa shape index (κ2) is 9.04. The maximum atomic E-state index is 6.70. The molecule has 0 fully saturated rings. The summed E-state index contributed by atoms with van der Waals surface area (Å²) in [5, 5.41) is 0. The van der Waals surface area contributed by atoms with Gasteiger partial charge in [0.1, 0.15) is 0 Å². The Morgan fingerprint density at radius 1 is 0.422 bits per heavy atom. The van der Waals surface area contributed by atoms with Gasteiger partial charge in [-0.15, -0.1) is 0 Å². The highest BCUT2D eigenvalue weighted by molar-refractivity contribution is 5.98. The predicted molar refractivity (Wildman–Crippen MR) is 178 cm³/mol. The molecule has 7 aromatic rings. The summed E-state index contributed by atoms with van der Waals surface area (Å²) < 4.78 is 13.1. The van der Waals surface area contributed by atoms with Crippen molar-refractivity contribution in [2.45, 2.75) is 5.41 Å². The molecular weight excluding hydrogens is 550 g/mol. The van der Waals surface area contributed by atoms with E-state index in [0.29, 0.717) is 0 Å². The molecule has 0 bridgehead atoms. The highest BCUT2D eigenvalue weighted by Gasteiger charge is 2.53. The maximum absolute atomic E-state index is 6.70. The van der Waals surface area contributed by atoms with Gasteiger partial charge in [-0.3, -0.25) is 4.98 Å². The summed E-state index contributed by atoms with van der Waals surface area (Å²) in [4.78, 5) is 4.54. The van der Waals surface area contributed by atoms with Gasteiger partial charge in [0.25, 0.3) is 0 Å². The van der Waals surface area contributed by atoms with E-state index in [-0.39, 0.29) is 0 Å². The summed E-state index contributed by atoms with van der Waals surface area (Å²) in [5.41, 5.74) is 13.8. The van der Waals surface area contributed by atoms with Crippen LogP contribution in [0.5, 0.6) is 23.0 Å². The van der Waals surface area contributed by atoms with Crippen molar-refractivity contribution in [3.63, 3.8) is 0 Å². The van der Waals surface area contributed by atoms with E-state index in [1.54, 1.807) is 0 Å². The number of hydrogen-bond donors (Lipinski definition) is 0. The van der Waals surface area contributed by atoms with Gasteiger partial charge in [-0.05, 0) is 86.5 Å². The molecule has 1 aliphatic heterocycles. The standard InChI is InChI=1S/C42H25NO2/c1-3-11-32-29(9-1)30-10-2-4-12-33(30)42(32)34-22-23-39-41(45-38-15-6-5-14-37(38)44-39)40(34)31-21-20-28(25-35(31)42)26-16-18-27(19-17-26)36-13-7-8-24-43-36/h1-25H. The smallest absolute Gasteiger partial charge is 0.178 e. The summed E-state index contributed by atoms with van der Waals surface area (Å²) in [6.07, 6.45) is 1.84. The molecule has 3 heteroatoms. The highest BCUT2D eigenvalue weighted by Crippen LogP contribution is 2.66. The molecule has 2 aliphatic carbocycles. The molecular formula is C42H25NO2. The third-order valence-electron chi connectivity index (χ3n) is 9.63. The van der Waals surface area contributed by atoms with Crippen LogP contribution in [0.2, 0.25) is 0 Å². The highest BCUT2D eigenvalue weighted by atomic mass is 16.6. The molecule has 2 heterocycles. The molecule has 0 unspecified atom stereocenters. The van der Waals surface area contributed by atoms with Crippen molar-refractivity contribution in [2.75, 3.05) is 0 Å². The van der Waals surface area contributed by atoms with E-state index in [9.17, 15) is 0 Å². The number of fused-ring (bicyclic) bond motifs is 13. The van der Waals surface area contributed by atoms with Crippen molar-refractivity contribution >= 4 is 0 Å². The minimum Gasteiger partial charge on any atom is -0.449 e. The minimum absolute atomic E-state index is 0.489. The summed E-state index contributed by atoms with van der Waals surface area (Å²) in [7, 11) is 0. The lowest BCUT2D eigenvalue weighted by atomic mass is 9.70. The van der Waals surface area contributed by atoms with Gasteiger partial charge in [-0.25, -0.2) is 0 Å². The van der Waals surface area contributed by atoms with Crippen LogP contribution in [0.4, 0.5) is 0 Å². The Morgan fingerprint density at radius 2 is 1.07 bits per heavy atom. The molecule has 0 radical (unpaired) electrons. The lowest BCUT2D eigenvalue weighted by molar-refractivity contribution is 0.360. The summed E-state index contributed by atoms with van der Waals surface area (Å²) in [6, 6.07) is 51.6. The van der Waals surface area contributed by atoms with Crippen molar-refractivity contribution in [3.05, 3.63) is 174 Å². The van der Waals surface area contributed by atoms with Crippen LogP contribution in [-0.4, -0.2) is 4.98 Å². The van der Waals surface area contributed by atoms with Crippen LogP contribution >= 0.6 is 0 Å². The number of ether oxygens (including phenoxy) is 2. The van der Waals surface area contributed by atoms with E-state index in [1.165, 1.54) is 50.1 Å². The van der Waals surface area contributed by atoms with Gasteiger partial charge in [0, 0.05) is 17.3 Å². The zero-order valence-electron chi connectivity index (χ0n) is 24.2. The van der Waals surface area contributed by atoms with Crippen molar-refractivity contribution in [2.24, 2.45) is 0 Å². The van der Waals surface area contributed by atoms with Gasteiger partial charge in [0.2, 0.25) is 0 Å². The van der Waals surface area contributed by atoms with Gasteiger partial charge in [0.05, 0.1) is 11.1 Å². The molecule has 0 amide bonds. The third-order valence-corrected chi connectivity index (χ3v) is 9.63. The minimum atomic E-state index is -0.489. The Balaban J connectivity index is 1.23. The fourth-order valence-electron chi connectivity index (χ4n) is 7.75. The lowest BCUT2D eigenvalue weighted by Crippen LogP contribution is -2.26. The van der Waals surface area contributed by atoms with Crippen LogP contribution in [0, 0.1) is 0 Å². The molecule has 1 spiro atoms. The first-order valence-corrected chi connectivity index (χ1v) is 15.3. The second-order valence-electron chi connectivity index (χ2n) is 11.9. The van der Waals surface area contributed by atoms with E-state index in [2.05, 4.69) is 108 Å². The normalized spacial score (nSPS) is 13.9. The summed E-state index contributed by atoms with van der Waals surface area (Å²) in [5.74, 6) is 2.99. The van der Waals surface area contributed by atoms with E-state index < -0.39 is 5.41 Å². The fourth-order valence-corrected chi connectivity index (χ4v) is 7.75. The van der Waals surface area contributed by atoms with Crippen molar-refractivity contribution in [3.8, 4) is 67.6 Å². The van der Waals surface area contributed by atoms with Crippen molar-refractivity contribution < 1.29 is 9.47 Å². The fraction of sp³-hybridized carbons (Fsp3) is 0.0238. The number of aromatic nitrogens is 1. The molecule has 0 atom stereocenters. The molecule has 0 saturated carbocycles. The zero-order valence-corrected chi connectivity index (χ0v) is 24.2. The average Bonchev–Trinajstić information content (AvgIpc) is 3.58. The van der Waals surface area contributed by atoms with Crippen molar-refractivity contribution in [1.29, 1.82) is 0 Å². The molecule has 6 aromatic carbocycles. The van der Waals surface area contributed by atoms with Crippen LogP contribution in [0.15, 0.2) is 152 Å². The Labute approximate surface area is 261 Å². The van der Waals surface area contributed by atoms with E-state index in [1.807, 2.05) is 48.7 Å². The maximum Gasteiger partial charge on any atom is 0.178 e. The third kappa shape index (κ3) is 3.27. The zero-order chi connectivity index (χ0) is 29.5. The molecule has 45 heavy (non-hydrogen) atoms. The van der Waals surface area contributed by atoms with Crippen LogP contribution < -0.4 is 9.47 Å². The number of benzene rings is 6. The molecule has 1 aromatic heterocycles. The molecule has 10 rings (SSSR count). The number of rotatable bonds is 2. The molecule has 3 nitrogen and oxygen atoms in total. The quantitative estimate of drug-likeness (QED) is 0.205. The number of nitrogens with zero attached hydrogens (tertiary/aromatic N) is 1. The Bertz CT molecular complexity index is 2280. The number of para-hydroxylation sites is 2. The van der Waals surface area contributed by atoms with Crippen LogP contribution in [0.3, 0.4) is 0 Å². The van der Waals surface area contributed by atoms with Crippen LogP contribution in [0.25, 0.3) is 44.6 Å².